The van der Waals surface area contributed by atoms with Gasteiger partial charge in [-0.2, -0.15) is 0 Å². The summed E-state index contributed by atoms with van der Waals surface area (Å²) in [7, 11) is 0. The predicted molar refractivity (Wildman–Crippen MR) is 67.4 cm³/mol. The van der Waals surface area contributed by atoms with Gasteiger partial charge in [-0.25, -0.2) is 0 Å². The molecule has 1 aliphatic carbocycles. The standard InChI is InChI=1S/C14H22N2/c1-2-6-14(7-8-14)12-16-11-5-13-3-9-15-10-4-13/h3-4,9-10,16H,2,5-8,11-12H2,1H3. The van der Waals surface area contributed by atoms with Crippen LogP contribution in [0.1, 0.15) is 38.2 Å². The van der Waals surface area contributed by atoms with Crippen LogP contribution in [0.15, 0.2) is 24.5 Å². The first kappa shape index (κ1) is 11.6. The van der Waals surface area contributed by atoms with Gasteiger partial charge in [0.25, 0.3) is 0 Å². The van der Waals surface area contributed by atoms with Crippen LogP contribution in [0.3, 0.4) is 0 Å². The van der Waals surface area contributed by atoms with Gasteiger partial charge in [0.05, 0.1) is 0 Å². The van der Waals surface area contributed by atoms with Crippen LogP contribution < -0.4 is 5.32 Å². The van der Waals surface area contributed by atoms with Crippen molar-refractivity contribution in [2.75, 3.05) is 13.1 Å². The molecule has 1 aromatic rings. The van der Waals surface area contributed by atoms with Gasteiger partial charge in [-0.15, -0.1) is 0 Å². The zero-order valence-electron chi connectivity index (χ0n) is 10.2. The van der Waals surface area contributed by atoms with Crippen molar-refractivity contribution in [3.8, 4) is 0 Å². The normalized spacial score (nSPS) is 17.3. The molecule has 0 atom stereocenters. The minimum absolute atomic E-state index is 0.674. The molecular formula is C14H22N2. The monoisotopic (exact) mass is 218 g/mol. The first-order valence-corrected chi connectivity index (χ1v) is 6.44. The highest BCUT2D eigenvalue weighted by atomic mass is 14.9. The third-order valence-electron chi connectivity index (χ3n) is 3.58. The molecule has 0 aliphatic heterocycles. The number of nitrogens with one attached hydrogen (secondary N) is 1. The van der Waals surface area contributed by atoms with E-state index in [1.807, 2.05) is 12.4 Å². The van der Waals surface area contributed by atoms with Crippen molar-refractivity contribution in [1.82, 2.24) is 10.3 Å². The van der Waals surface area contributed by atoms with Crippen molar-refractivity contribution in [3.05, 3.63) is 30.1 Å². The van der Waals surface area contributed by atoms with Crippen LogP contribution in [-0.4, -0.2) is 18.1 Å². The predicted octanol–water partition coefficient (Wildman–Crippen LogP) is 2.79. The van der Waals surface area contributed by atoms with E-state index >= 15 is 0 Å². The van der Waals surface area contributed by atoms with Crippen molar-refractivity contribution in [2.45, 2.75) is 39.0 Å². The van der Waals surface area contributed by atoms with Crippen LogP contribution in [0.25, 0.3) is 0 Å². The van der Waals surface area contributed by atoms with Crippen LogP contribution in [0, 0.1) is 5.41 Å². The van der Waals surface area contributed by atoms with Crippen molar-refractivity contribution in [2.24, 2.45) is 5.41 Å². The van der Waals surface area contributed by atoms with Crippen LogP contribution in [0.4, 0.5) is 0 Å². The molecule has 2 heteroatoms. The average Bonchev–Trinajstić information content (AvgIpc) is 3.07. The minimum atomic E-state index is 0.674. The van der Waals surface area contributed by atoms with Gasteiger partial charge in [0.1, 0.15) is 0 Å². The second kappa shape index (κ2) is 5.44. The molecule has 0 spiro atoms. The molecule has 1 aromatic heterocycles. The number of pyridine rings is 1. The van der Waals surface area contributed by atoms with Crippen molar-refractivity contribution in [3.63, 3.8) is 0 Å². The first-order chi connectivity index (χ1) is 7.85. The highest BCUT2D eigenvalue weighted by molar-refractivity contribution is 5.09. The highest BCUT2D eigenvalue weighted by Gasteiger charge is 2.40. The molecule has 1 aliphatic rings. The second-order valence-electron chi connectivity index (χ2n) is 5.03. The Morgan fingerprint density at radius 2 is 2.06 bits per heavy atom. The summed E-state index contributed by atoms with van der Waals surface area (Å²) in [5, 5.41) is 3.60. The van der Waals surface area contributed by atoms with Gasteiger partial charge in [-0.3, -0.25) is 4.98 Å². The molecule has 88 valence electrons. The Bertz CT molecular complexity index is 304. The van der Waals surface area contributed by atoms with E-state index < -0.39 is 0 Å². The Kier molecular flexibility index (Phi) is 3.94. The summed E-state index contributed by atoms with van der Waals surface area (Å²) in [4.78, 5) is 4.03. The van der Waals surface area contributed by atoms with Gasteiger partial charge in [-0.05, 0) is 55.3 Å². The Hall–Kier alpha value is -0.890. The molecule has 0 amide bonds. The lowest BCUT2D eigenvalue weighted by molar-refractivity contribution is 0.423. The van der Waals surface area contributed by atoms with E-state index in [9.17, 15) is 0 Å². The van der Waals surface area contributed by atoms with E-state index in [4.69, 9.17) is 0 Å². The molecule has 2 rings (SSSR count). The van der Waals surface area contributed by atoms with Crippen molar-refractivity contribution in [1.29, 1.82) is 0 Å². The summed E-state index contributed by atoms with van der Waals surface area (Å²) >= 11 is 0. The molecule has 0 radical (unpaired) electrons. The second-order valence-corrected chi connectivity index (χ2v) is 5.03. The largest absolute Gasteiger partial charge is 0.316 e. The number of hydrogen-bond acceptors (Lipinski definition) is 2. The van der Waals surface area contributed by atoms with Gasteiger partial charge < -0.3 is 5.32 Å². The van der Waals surface area contributed by atoms with E-state index in [0.717, 1.165) is 13.0 Å². The van der Waals surface area contributed by atoms with Crippen molar-refractivity contribution >= 4 is 0 Å². The lowest BCUT2D eigenvalue weighted by Crippen LogP contribution is -2.25. The Labute approximate surface area is 98.5 Å². The minimum Gasteiger partial charge on any atom is -0.316 e. The van der Waals surface area contributed by atoms with E-state index in [2.05, 4.69) is 29.4 Å². The first-order valence-electron chi connectivity index (χ1n) is 6.44. The molecule has 0 aromatic carbocycles. The summed E-state index contributed by atoms with van der Waals surface area (Å²) in [6, 6.07) is 4.20. The lowest BCUT2D eigenvalue weighted by atomic mass is 10.0. The Balaban J connectivity index is 1.62. The third kappa shape index (κ3) is 3.31. The quantitative estimate of drug-likeness (QED) is 0.712. The summed E-state index contributed by atoms with van der Waals surface area (Å²) < 4.78 is 0. The maximum atomic E-state index is 4.03. The van der Waals surface area contributed by atoms with E-state index in [1.165, 1.54) is 37.8 Å². The average molecular weight is 218 g/mol. The third-order valence-corrected chi connectivity index (χ3v) is 3.58. The van der Waals surface area contributed by atoms with E-state index in [0.29, 0.717) is 5.41 Å². The molecule has 1 N–H and O–H groups in total. The van der Waals surface area contributed by atoms with Crippen LogP contribution in [0.2, 0.25) is 0 Å². The fourth-order valence-electron chi connectivity index (χ4n) is 2.36. The Morgan fingerprint density at radius 3 is 2.69 bits per heavy atom. The summed E-state index contributed by atoms with van der Waals surface area (Å²) in [6.07, 6.45) is 10.4. The zero-order valence-corrected chi connectivity index (χ0v) is 10.2. The molecule has 0 bridgehead atoms. The van der Waals surface area contributed by atoms with E-state index in [1.54, 1.807) is 0 Å². The van der Waals surface area contributed by atoms with Crippen LogP contribution in [-0.2, 0) is 6.42 Å². The van der Waals surface area contributed by atoms with Crippen molar-refractivity contribution < 1.29 is 0 Å². The maximum Gasteiger partial charge on any atom is 0.0270 e. The topological polar surface area (TPSA) is 24.9 Å². The number of aromatic nitrogens is 1. The van der Waals surface area contributed by atoms with E-state index in [-0.39, 0.29) is 0 Å². The fourth-order valence-corrected chi connectivity index (χ4v) is 2.36. The lowest BCUT2D eigenvalue weighted by Gasteiger charge is -2.14. The van der Waals surface area contributed by atoms with Crippen LogP contribution in [0.5, 0.6) is 0 Å². The van der Waals surface area contributed by atoms with Gasteiger partial charge in [0.2, 0.25) is 0 Å². The van der Waals surface area contributed by atoms with Gasteiger partial charge in [0.15, 0.2) is 0 Å². The molecule has 1 fully saturated rings. The smallest absolute Gasteiger partial charge is 0.0270 e. The highest BCUT2D eigenvalue weighted by Crippen LogP contribution is 2.48. The molecule has 1 saturated carbocycles. The van der Waals surface area contributed by atoms with Gasteiger partial charge in [-0.1, -0.05) is 13.3 Å². The molecule has 0 unspecified atom stereocenters. The van der Waals surface area contributed by atoms with Gasteiger partial charge >= 0.3 is 0 Å². The summed E-state index contributed by atoms with van der Waals surface area (Å²) in [5.74, 6) is 0. The number of hydrogen-bond donors (Lipinski definition) is 1. The molecule has 0 saturated heterocycles. The fraction of sp³-hybridized carbons (Fsp3) is 0.643. The summed E-state index contributed by atoms with van der Waals surface area (Å²) in [6.45, 7) is 4.60. The molecule has 2 nitrogen and oxygen atoms in total. The number of rotatable bonds is 7. The Morgan fingerprint density at radius 1 is 1.31 bits per heavy atom. The van der Waals surface area contributed by atoms with Crippen LogP contribution >= 0.6 is 0 Å². The molecule has 16 heavy (non-hydrogen) atoms. The van der Waals surface area contributed by atoms with Gasteiger partial charge in [0, 0.05) is 18.9 Å². The SMILES string of the molecule is CCCC1(CNCCc2ccncc2)CC1. The zero-order chi connectivity index (χ0) is 11.3. The number of nitrogens with zero attached hydrogens (tertiary/aromatic N) is 1. The molecular weight excluding hydrogens is 196 g/mol. The molecule has 1 heterocycles. The maximum absolute atomic E-state index is 4.03. The summed E-state index contributed by atoms with van der Waals surface area (Å²) in [5.41, 5.74) is 2.05.